The van der Waals surface area contributed by atoms with E-state index in [-0.39, 0.29) is 17.7 Å². The van der Waals surface area contributed by atoms with E-state index in [0.29, 0.717) is 17.3 Å². The molecule has 0 aliphatic carbocycles. The number of halogens is 1. The number of Topliss-reactive ketones (excluding diaryl/α,β-unsaturated/α-hetero) is 1. The number of nitrogens with one attached hydrogen (secondary N) is 1. The molecular formula is C22H24ClN3O. The summed E-state index contributed by atoms with van der Waals surface area (Å²) in [5, 5.41) is 8.50. The van der Waals surface area contributed by atoms with Gasteiger partial charge in [-0.15, -0.1) is 0 Å². The van der Waals surface area contributed by atoms with Crippen molar-refractivity contribution in [3.8, 4) is 0 Å². The van der Waals surface area contributed by atoms with Crippen molar-refractivity contribution < 1.29 is 4.79 Å². The zero-order chi connectivity index (χ0) is 19.4. The normalized spacial score (nSPS) is 11.4. The van der Waals surface area contributed by atoms with Crippen molar-refractivity contribution in [3.63, 3.8) is 0 Å². The summed E-state index contributed by atoms with van der Waals surface area (Å²) in [6.45, 7) is 7.04. The van der Waals surface area contributed by atoms with Crippen LogP contribution in [0.1, 0.15) is 42.5 Å². The fourth-order valence-electron chi connectivity index (χ4n) is 2.76. The van der Waals surface area contributed by atoms with E-state index in [1.807, 2.05) is 48.5 Å². The van der Waals surface area contributed by atoms with E-state index in [1.165, 1.54) is 0 Å². The number of hydrogen-bond acceptors (Lipinski definition) is 3. The van der Waals surface area contributed by atoms with E-state index >= 15 is 0 Å². The van der Waals surface area contributed by atoms with Crippen LogP contribution in [0.5, 0.6) is 0 Å². The average molecular weight is 382 g/mol. The summed E-state index contributed by atoms with van der Waals surface area (Å²) < 4.78 is 1.80. The smallest absolute Gasteiger partial charge is 0.199 e. The third kappa shape index (κ3) is 4.98. The van der Waals surface area contributed by atoms with Crippen LogP contribution in [-0.2, 0) is 12.0 Å². The lowest BCUT2D eigenvalue weighted by Crippen LogP contribution is -2.19. The number of nitrogens with zero attached hydrogens (tertiary/aromatic N) is 2. The molecule has 0 fully saturated rings. The summed E-state index contributed by atoms with van der Waals surface area (Å²) in [4.78, 5) is 12.9. The summed E-state index contributed by atoms with van der Waals surface area (Å²) >= 11 is 6.01. The van der Waals surface area contributed by atoms with Gasteiger partial charge in [-0.2, -0.15) is 5.10 Å². The molecule has 1 heterocycles. The summed E-state index contributed by atoms with van der Waals surface area (Å²) in [7, 11) is 0. The van der Waals surface area contributed by atoms with Gasteiger partial charge in [-0.25, -0.2) is 0 Å². The fourth-order valence-corrected chi connectivity index (χ4v) is 2.95. The highest BCUT2D eigenvalue weighted by Crippen LogP contribution is 2.23. The summed E-state index contributed by atoms with van der Waals surface area (Å²) in [5.74, 6) is -0.00564. The second-order valence-corrected chi connectivity index (χ2v) is 8.03. The van der Waals surface area contributed by atoms with Crippen LogP contribution in [0.25, 0.3) is 0 Å². The van der Waals surface area contributed by atoms with E-state index in [2.05, 4.69) is 26.1 Å². The van der Waals surface area contributed by atoms with E-state index < -0.39 is 0 Å². The van der Waals surface area contributed by atoms with Gasteiger partial charge < -0.3 is 5.32 Å². The fraction of sp³-hybridized carbons (Fsp3) is 0.273. The first-order valence-electron chi connectivity index (χ1n) is 8.98. The second-order valence-electron chi connectivity index (χ2n) is 7.60. The molecule has 0 aliphatic rings. The highest BCUT2D eigenvalue weighted by molar-refractivity contribution is 6.30. The first kappa shape index (κ1) is 19.2. The van der Waals surface area contributed by atoms with Gasteiger partial charge in [0.15, 0.2) is 5.78 Å². The number of rotatable bonds is 6. The Labute approximate surface area is 165 Å². The molecule has 4 nitrogen and oxygen atoms in total. The van der Waals surface area contributed by atoms with Crippen molar-refractivity contribution in [3.05, 3.63) is 82.6 Å². The standard InChI is InChI=1S/C22H24ClN3O/c1-22(2,3)21-13-19(26(25-21)15-16-8-5-4-6-9-16)20(27)14-24-18-11-7-10-17(23)12-18/h4-13,24H,14-15H2,1-3H3. The molecule has 0 bridgehead atoms. The lowest BCUT2D eigenvalue weighted by molar-refractivity contribution is 0.0996. The molecule has 1 aromatic heterocycles. The summed E-state index contributed by atoms with van der Waals surface area (Å²) in [6, 6.07) is 19.3. The molecule has 0 aliphatic heterocycles. The van der Waals surface area contributed by atoms with Gasteiger partial charge in [0, 0.05) is 16.1 Å². The molecular weight excluding hydrogens is 358 g/mol. The number of anilines is 1. The number of benzene rings is 2. The van der Waals surface area contributed by atoms with Gasteiger partial charge in [0.1, 0.15) is 5.69 Å². The van der Waals surface area contributed by atoms with Gasteiger partial charge in [-0.1, -0.05) is 68.8 Å². The third-order valence-electron chi connectivity index (χ3n) is 4.29. The van der Waals surface area contributed by atoms with Crippen molar-refractivity contribution in [2.24, 2.45) is 0 Å². The number of aromatic nitrogens is 2. The minimum Gasteiger partial charge on any atom is -0.377 e. The lowest BCUT2D eigenvalue weighted by Gasteiger charge is -2.14. The van der Waals surface area contributed by atoms with E-state index in [1.54, 1.807) is 16.8 Å². The van der Waals surface area contributed by atoms with Crippen LogP contribution in [0.2, 0.25) is 5.02 Å². The SMILES string of the molecule is CC(C)(C)c1cc(C(=O)CNc2cccc(Cl)c2)n(Cc2ccccc2)n1. The zero-order valence-electron chi connectivity index (χ0n) is 15.9. The first-order chi connectivity index (χ1) is 12.8. The monoisotopic (exact) mass is 381 g/mol. The predicted molar refractivity (Wildman–Crippen MR) is 111 cm³/mol. The van der Waals surface area contributed by atoms with Crippen LogP contribution in [0.3, 0.4) is 0 Å². The van der Waals surface area contributed by atoms with Gasteiger partial charge in [0.25, 0.3) is 0 Å². The molecule has 0 unspecified atom stereocenters. The zero-order valence-corrected chi connectivity index (χ0v) is 16.6. The van der Waals surface area contributed by atoms with Crippen molar-refractivity contribution in [1.29, 1.82) is 0 Å². The van der Waals surface area contributed by atoms with Crippen LogP contribution >= 0.6 is 11.6 Å². The van der Waals surface area contributed by atoms with Crippen LogP contribution in [0.4, 0.5) is 5.69 Å². The van der Waals surface area contributed by atoms with Crippen LogP contribution in [0.15, 0.2) is 60.7 Å². The first-order valence-corrected chi connectivity index (χ1v) is 9.35. The maximum atomic E-state index is 12.9. The number of ketones is 1. The Bertz CT molecular complexity index is 926. The molecule has 2 aromatic carbocycles. The Morgan fingerprint density at radius 1 is 1.07 bits per heavy atom. The molecule has 0 atom stereocenters. The van der Waals surface area contributed by atoms with Crippen molar-refractivity contribution in [2.45, 2.75) is 32.7 Å². The topological polar surface area (TPSA) is 46.9 Å². The molecule has 0 radical (unpaired) electrons. The molecule has 0 amide bonds. The Morgan fingerprint density at radius 3 is 2.48 bits per heavy atom. The van der Waals surface area contributed by atoms with Crippen LogP contribution in [0, 0.1) is 0 Å². The molecule has 5 heteroatoms. The molecule has 0 saturated carbocycles. The van der Waals surface area contributed by atoms with Gasteiger partial charge in [0.2, 0.25) is 0 Å². The highest BCUT2D eigenvalue weighted by atomic mass is 35.5. The highest BCUT2D eigenvalue weighted by Gasteiger charge is 2.23. The van der Waals surface area contributed by atoms with Gasteiger partial charge in [-0.05, 0) is 29.8 Å². The van der Waals surface area contributed by atoms with Crippen molar-refractivity contribution >= 4 is 23.1 Å². The van der Waals surface area contributed by atoms with Crippen molar-refractivity contribution in [1.82, 2.24) is 9.78 Å². The molecule has 3 rings (SSSR count). The maximum absolute atomic E-state index is 12.9. The molecule has 3 aromatic rings. The Hall–Kier alpha value is -2.59. The van der Waals surface area contributed by atoms with Gasteiger partial charge in [-0.3, -0.25) is 9.48 Å². The largest absolute Gasteiger partial charge is 0.377 e. The second kappa shape index (κ2) is 7.97. The minimum absolute atomic E-state index is 0.00564. The quantitative estimate of drug-likeness (QED) is 0.598. The number of hydrogen-bond donors (Lipinski definition) is 1. The molecule has 140 valence electrons. The maximum Gasteiger partial charge on any atom is 0.199 e. The average Bonchev–Trinajstić information content (AvgIpc) is 3.05. The molecule has 1 N–H and O–H groups in total. The molecule has 0 saturated heterocycles. The Morgan fingerprint density at radius 2 is 1.81 bits per heavy atom. The van der Waals surface area contributed by atoms with E-state index in [0.717, 1.165) is 16.9 Å². The Kier molecular flexibility index (Phi) is 5.66. The van der Waals surface area contributed by atoms with Gasteiger partial charge >= 0.3 is 0 Å². The summed E-state index contributed by atoms with van der Waals surface area (Å²) in [6.07, 6.45) is 0. The van der Waals surface area contributed by atoms with Crippen LogP contribution in [-0.4, -0.2) is 22.1 Å². The molecule has 0 spiro atoms. The van der Waals surface area contributed by atoms with Crippen LogP contribution < -0.4 is 5.32 Å². The number of carbonyl (C=O) groups is 1. The Balaban J connectivity index is 1.83. The van der Waals surface area contributed by atoms with E-state index in [4.69, 9.17) is 16.7 Å². The third-order valence-corrected chi connectivity index (χ3v) is 4.52. The van der Waals surface area contributed by atoms with Crippen molar-refractivity contribution in [2.75, 3.05) is 11.9 Å². The van der Waals surface area contributed by atoms with E-state index in [9.17, 15) is 4.79 Å². The lowest BCUT2D eigenvalue weighted by atomic mass is 9.92. The predicted octanol–water partition coefficient (Wildman–Crippen LogP) is 5.18. The summed E-state index contributed by atoms with van der Waals surface area (Å²) in [5.41, 5.74) is 3.32. The minimum atomic E-state index is -0.128. The number of carbonyl (C=O) groups excluding carboxylic acids is 1. The van der Waals surface area contributed by atoms with Gasteiger partial charge in [0.05, 0.1) is 18.8 Å². The molecule has 27 heavy (non-hydrogen) atoms.